The molecule has 0 radical (unpaired) electrons. The number of rotatable bonds is 4. The van der Waals surface area contributed by atoms with E-state index in [1.807, 2.05) is 0 Å². The molecule has 0 aliphatic rings. The van der Waals surface area contributed by atoms with Gasteiger partial charge in [-0.25, -0.2) is 4.98 Å². The highest BCUT2D eigenvalue weighted by atomic mass is 32.1. The zero-order valence-corrected chi connectivity index (χ0v) is 6.63. The van der Waals surface area contributed by atoms with Crippen LogP contribution in [0.1, 0.15) is 10.5 Å². The maximum atomic E-state index is 10.7. The molecule has 0 spiro atoms. The lowest BCUT2D eigenvalue weighted by Crippen LogP contribution is -2.00. The first kappa shape index (κ1) is 8.54. The molecule has 1 aromatic rings. The zero-order chi connectivity index (χ0) is 8.97. The third-order valence-corrected chi connectivity index (χ3v) is 1.82. The number of nitrogens with zero attached hydrogens (tertiary/aromatic N) is 1. The highest BCUT2D eigenvalue weighted by Gasteiger charge is 2.08. The quantitative estimate of drug-likeness (QED) is 0.409. The summed E-state index contributed by atoms with van der Waals surface area (Å²) in [6, 6.07) is 0. The molecule has 0 unspecified atom stereocenters. The standard InChI is InChI=1S/C6H4N2O3S/c9-1-5(11)4-2-12-6(8-4)7-3-10/h1-3H,(H,7,8,10). The molecular formula is C6H4N2O3S. The van der Waals surface area contributed by atoms with E-state index < -0.39 is 5.78 Å². The number of nitrogens with one attached hydrogen (secondary N) is 1. The summed E-state index contributed by atoms with van der Waals surface area (Å²) < 4.78 is 0. The number of thiazole rings is 1. The van der Waals surface area contributed by atoms with Crippen LogP contribution in [0.3, 0.4) is 0 Å². The molecule has 0 fully saturated rings. The van der Waals surface area contributed by atoms with E-state index in [9.17, 15) is 14.4 Å². The number of carbonyl (C=O) groups excluding carboxylic acids is 3. The summed E-state index contributed by atoms with van der Waals surface area (Å²) in [6.45, 7) is 0. The van der Waals surface area contributed by atoms with Crippen LogP contribution in [0.25, 0.3) is 0 Å². The molecule has 12 heavy (non-hydrogen) atoms. The number of Topliss-reactive ketones (excluding diaryl/α,β-unsaturated/α-hetero) is 1. The first-order valence-electron chi connectivity index (χ1n) is 2.93. The van der Waals surface area contributed by atoms with Gasteiger partial charge in [0, 0.05) is 5.38 Å². The smallest absolute Gasteiger partial charge is 0.244 e. The number of hydrogen-bond donors (Lipinski definition) is 1. The molecule has 0 saturated heterocycles. The molecule has 5 nitrogen and oxygen atoms in total. The van der Waals surface area contributed by atoms with Crippen LogP contribution < -0.4 is 5.32 Å². The number of aromatic nitrogens is 1. The van der Waals surface area contributed by atoms with Crippen LogP contribution >= 0.6 is 11.3 Å². The van der Waals surface area contributed by atoms with Gasteiger partial charge in [-0.05, 0) is 0 Å². The van der Waals surface area contributed by atoms with Crippen molar-refractivity contribution >= 4 is 34.9 Å². The van der Waals surface area contributed by atoms with Crippen LogP contribution in [0.4, 0.5) is 5.13 Å². The maximum absolute atomic E-state index is 10.7. The third-order valence-electron chi connectivity index (χ3n) is 1.05. The van der Waals surface area contributed by atoms with Crippen LogP contribution in [0.5, 0.6) is 0 Å². The number of aldehydes is 1. The summed E-state index contributed by atoms with van der Waals surface area (Å²) in [6.07, 6.45) is 0.633. The van der Waals surface area contributed by atoms with Gasteiger partial charge in [-0.1, -0.05) is 0 Å². The topological polar surface area (TPSA) is 76.1 Å². The van der Waals surface area contributed by atoms with Crippen molar-refractivity contribution in [2.75, 3.05) is 5.32 Å². The largest absolute Gasteiger partial charge is 0.305 e. The molecule has 0 aromatic carbocycles. The summed E-state index contributed by atoms with van der Waals surface area (Å²) in [4.78, 5) is 34.3. The van der Waals surface area contributed by atoms with Gasteiger partial charge in [-0.2, -0.15) is 0 Å². The van der Waals surface area contributed by atoms with Crippen molar-refractivity contribution in [1.29, 1.82) is 0 Å². The third kappa shape index (κ3) is 1.73. The Bertz CT molecular complexity index is 320. The summed E-state index contributed by atoms with van der Waals surface area (Å²) in [5.74, 6) is -0.690. The molecule has 0 bridgehead atoms. The lowest BCUT2D eigenvalue weighted by Gasteiger charge is -1.85. The summed E-state index contributed by atoms with van der Waals surface area (Å²) in [5.41, 5.74) is 0.0550. The molecule has 0 saturated carbocycles. The van der Waals surface area contributed by atoms with E-state index in [-0.39, 0.29) is 12.0 Å². The molecule has 6 heteroatoms. The molecular weight excluding hydrogens is 180 g/mol. The first-order valence-corrected chi connectivity index (χ1v) is 3.81. The number of ketones is 1. The Labute approximate surface area is 71.4 Å². The van der Waals surface area contributed by atoms with Crippen molar-refractivity contribution < 1.29 is 14.4 Å². The second kappa shape index (κ2) is 3.72. The molecule has 1 amide bonds. The van der Waals surface area contributed by atoms with Gasteiger partial charge in [0.1, 0.15) is 5.69 Å². The van der Waals surface area contributed by atoms with Crippen LogP contribution in [-0.2, 0) is 9.59 Å². The minimum absolute atomic E-state index is 0.0550. The lowest BCUT2D eigenvalue weighted by molar-refractivity contribution is -0.105. The van der Waals surface area contributed by atoms with Gasteiger partial charge in [-0.3, -0.25) is 14.4 Å². The minimum Gasteiger partial charge on any atom is -0.305 e. The van der Waals surface area contributed by atoms with Crippen molar-refractivity contribution in [1.82, 2.24) is 4.98 Å². The molecule has 1 rings (SSSR count). The van der Waals surface area contributed by atoms with Gasteiger partial charge in [0.05, 0.1) is 0 Å². The van der Waals surface area contributed by atoms with Gasteiger partial charge < -0.3 is 5.32 Å². The van der Waals surface area contributed by atoms with Gasteiger partial charge in [0.2, 0.25) is 12.2 Å². The molecule has 1 aromatic heterocycles. The number of hydrogen-bond acceptors (Lipinski definition) is 5. The van der Waals surface area contributed by atoms with E-state index in [4.69, 9.17) is 0 Å². The van der Waals surface area contributed by atoms with Crippen LogP contribution in [0.2, 0.25) is 0 Å². The molecule has 0 aliphatic carbocycles. The van der Waals surface area contributed by atoms with E-state index >= 15 is 0 Å². The fourth-order valence-electron chi connectivity index (χ4n) is 0.564. The Morgan fingerprint density at radius 1 is 1.58 bits per heavy atom. The molecule has 0 aliphatic heterocycles. The van der Waals surface area contributed by atoms with Gasteiger partial charge in [0.25, 0.3) is 0 Å². The van der Waals surface area contributed by atoms with E-state index in [0.717, 1.165) is 11.3 Å². The van der Waals surface area contributed by atoms with Crippen LogP contribution in [0, 0.1) is 0 Å². The average molecular weight is 184 g/mol. The fraction of sp³-hybridized carbons (Fsp3) is 0. The Balaban J connectivity index is 2.83. The Hall–Kier alpha value is -1.56. The van der Waals surface area contributed by atoms with E-state index in [1.54, 1.807) is 0 Å². The van der Waals surface area contributed by atoms with E-state index in [0.29, 0.717) is 11.5 Å². The average Bonchev–Trinajstić information content (AvgIpc) is 2.52. The Morgan fingerprint density at radius 2 is 2.33 bits per heavy atom. The number of amides is 1. The highest BCUT2D eigenvalue weighted by Crippen LogP contribution is 2.13. The van der Waals surface area contributed by atoms with Gasteiger partial charge >= 0.3 is 0 Å². The second-order valence-corrected chi connectivity index (χ2v) is 2.64. The predicted molar refractivity (Wildman–Crippen MR) is 42.2 cm³/mol. The van der Waals surface area contributed by atoms with Crippen molar-refractivity contribution in [2.45, 2.75) is 0 Å². The summed E-state index contributed by atoms with van der Waals surface area (Å²) in [5, 5.41) is 3.97. The minimum atomic E-state index is -0.690. The monoisotopic (exact) mass is 184 g/mol. The SMILES string of the molecule is O=CNc1nc(C(=O)C=O)cs1. The lowest BCUT2D eigenvalue weighted by atomic mass is 10.3. The zero-order valence-electron chi connectivity index (χ0n) is 5.81. The van der Waals surface area contributed by atoms with Crippen molar-refractivity contribution in [3.05, 3.63) is 11.1 Å². The second-order valence-electron chi connectivity index (χ2n) is 1.78. The number of anilines is 1. The van der Waals surface area contributed by atoms with Crippen LogP contribution in [0.15, 0.2) is 5.38 Å². The Kier molecular flexibility index (Phi) is 2.65. The van der Waals surface area contributed by atoms with Crippen molar-refractivity contribution in [3.8, 4) is 0 Å². The van der Waals surface area contributed by atoms with E-state index in [2.05, 4.69) is 10.3 Å². The Morgan fingerprint density at radius 3 is 2.92 bits per heavy atom. The van der Waals surface area contributed by atoms with E-state index in [1.165, 1.54) is 5.38 Å². The van der Waals surface area contributed by atoms with Crippen LogP contribution in [-0.4, -0.2) is 23.5 Å². The van der Waals surface area contributed by atoms with Crippen molar-refractivity contribution in [2.24, 2.45) is 0 Å². The highest BCUT2D eigenvalue weighted by molar-refractivity contribution is 7.14. The summed E-state index contributed by atoms with van der Waals surface area (Å²) >= 11 is 1.08. The molecule has 1 N–H and O–H groups in total. The predicted octanol–water partition coefficient (Wildman–Crippen LogP) is 0.0930. The summed E-state index contributed by atoms with van der Waals surface area (Å²) in [7, 11) is 0. The molecule has 62 valence electrons. The maximum Gasteiger partial charge on any atom is 0.244 e. The van der Waals surface area contributed by atoms with Crippen molar-refractivity contribution in [3.63, 3.8) is 0 Å². The fourth-order valence-corrected chi connectivity index (χ4v) is 1.22. The molecule has 0 atom stereocenters. The van der Waals surface area contributed by atoms with Gasteiger partial charge in [0.15, 0.2) is 11.4 Å². The normalized spacial score (nSPS) is 9.00. The first-order chi connectivity index (χ1) is 5.77. The number of carbonyl (C=O) groups is 3. The van der Waals surface area contributed by atoms with Gasteiger partial charge in [-0.15, -0.1) is 11.3 Å². The molecule has 1 heterocycles.